The van der Waals surface area contributed by atoms with Gasteiger partial charge in [0.2, 0.25) is 0 Å². The van der Waals surface area contributed by atoms with Gasteiger partial charge in [-0.3, -0.25) is 4.79 Å². The van der Waals surface area contributed by atoms with Crippen LogP contribution in [0.1, 0.15) is 91.9 Å². The van der Waals surface area contributed by atoms with Crippen molar-refractivity contribution in [2.75, 3.05) is 6.61 Å². The molecule has 0 aromatic heterocycles. The minimum atomic E-state index is -0.828. The van der Waals surface area contributed by atoms with Gasteiger partial charge in [-0.05, 0) is 82.5 Å². The predicted octanol–water partition coefficient (Wildman–Crippen LogP) is 3.51. The maximum atomic E-state index is 11.3. The Morgan fingerprint density at radius 3 is 1.60 bits per heavy atom. The van der Waals surface area contributed by atoms with Crippen molar-refractivity contribution in [3.05, 3.63) is 12.2 Å². The molecule has 0 bridgehead atoms. The lowest BCUT2D eigenvalue weighted by atomic mass is 9.72. The second kappa shape index (κ2) is 13.0. The van der Waals surface area contributed by atoms with Gasteiger partial charge in [-0.25, -0.2) is 0 Å². The second-order valence-corrected chi connectivity index (χ2v) is 12.8. The summed E-state index contributed by atoms with van der Waals surface area (Å²) < 4.78 is 0. The van der Waals surface area contributed by atoms with E-state index in [2.05, 4.69) is 0 Å². The molecule has 2 aliphatic carbocycles. The molecule has 8 unspecified atom stereocenters. The second-order valence-electron chi connectivity index (χ2n) is 12.8. The van der Waals surface area contributed by atoms with Crippen molar-refractivity contribution >= 4 is 5.97 Å². The highest BCUT2D eigenvalue weighted by Crippen LogP contribution is 2.38. The smallest absolute Gasteiger partial charge is 0.309 e. The molecule has 2 fully saturated rings. The van der Waals surface area contributed by atoms with Gasteiger partial charge in [0.1, 0.15) is 0 Å². The highest BCUT2D eigenvalue weighted by Gasteiger charge is 2.38. The molecule has 0 radical (unpaired) electrons. The Morgan fingerprint density at radius 2 is 1.20 bits per heavy atom. The third kappa shape index (κ3) is 9.12. The minimum absolute atomic E-state index is 0.00454. The van der Waals surface area contributed by atoms with Crippen LogP contribution in [0.4, 0.5) is 0 Å². The Balaban J connectivity index is 1.95. The number of carbonyl (C=O) groups is 1. The molecule has 2 aliphatic rings. The molecule has 0 heterocycles. The summed E-state index contributed by atoms with van der Waals surface area (Å²) in [7, 11) is 0. The summed E-state index contributed by atoms with van der Waals surface area (Å²) in [6.45, 7) is 7.58. The molecule has 0 aromatic rings. The molecule has 0 amide bonds. The molecule has 2 saturated carbocycles. The number of hydrogen-bond acceptors (Lipinski definition) is 6. The Bertz CT molecular complexity index is 689. The van der Waals surface area contributed by atoms with E-state index in [1.54, 1.807) is 13.8 Å². The zero-order valence-corrected chi connectivity index (χ0v) is 22.1. The lowest BCUT2D eigenvalue weighted by Gasteiger charge is -2.38. The minimum Gasteiger partial charge on any atom is -0.481 e. The molecule has 6 N–H and O–H groups in total. The van der Waals surface area contributed by atoms with Gasteiger partial charge in [0.25, 0.3) is 0 Å². The van der Waals surface area contributed by atoms with E-state index in [1.807, 2.05) is 26.0 Å². The number of rotatable bonds is 12. The monoisotopic (exact) mass is 498 g/mol. The average molecular weight is 499 g/mol. The first-order valence-electron chi connectivity index (χ1n) is 13.5. The number of aliphatic carboxylic acids is 1. The summed E-state index contributed by atoms with van der Waals surface area (Å²) in [5, 5.41) is 61.6. The molecule has 2 rings (SSSR count). The lowest BCUT2D eigenvalue weighted by Crippen LogP contribution is -2.40. The van der Waals surface area contributed by atoms with Crippen molar-refractivity contribution in [2.24, 2.45) is 34.5 Å². The molecule has 204 valence electrons. The number of aliphatic hydroxyl groups is 5. The zero-order valence-electron chi connectivity index (χ0n) is 22.1. The normalized spacial score (nSPS) is 34.9. The van der Waals surface area contributed by atoms with Crippen LogP contribution in [0.25, 0.3) is 0 Å². The van der Waals surface area contributed by atoms with Crippen LogP contribution in [0.15, 0.2) is 12.2 Å². The van der Waals surface area contributed by atoms with Gasteiger partial charge in [0.05, 0.1) is 29.8 Å². The summed E-state index contributed by atoms with van der Waals surface area (Å²) in [6.07, 6.45) is 8.08. The van der Waals surface area contributed by atoms with Crippen LogP contribution in [0.5, 0.6) is 0 Å². The SMILES string of the molecule is CC(C)(CO)CCCC1CC(O)CC(C=CC2CC(O)CC(CCCC(C)(C)C(=O)O)C2O)C1O. The lowest BCUT2D eigenvalue weighted by molar-refractivity contribution is -0.147. The van der Waals surface area contributed by atoms with E-state index in [0.29, 0.717) is 44.9 Å². The number of hydrogen-bond donors (Lipinski definition) is 6. The van der Waals surface area contributed by atoms with Crippen molar-refractivity contribution in [2.45, 2.75) is 116 Å². The molecule has 0 saturated heterocycles. The molecule has 8 atom stereocenters. The quantitative estimate of drug-likeness (QED) is 0.226. The van der Waals surface area contributed by atoms with Gasteiger partial charge in [0, 0.05) is 18.4 Å². The summed E-state index contributed by atoms with van der Waals surface area (Å²) in [5.74, 6) is -1.36. The maximum Gasteiger partial charge on any atom is 0.309 e. The van der Waals surface area contributed by atoms with Crippen molar-refractivity contribution in [1.82, 2.24) is 0 Å². The Hall–Kier alpha value is -0.990. The van der Waals surface area contributed by atoms with Crippen molar-refractivity contribution < 1.29 is 35.4 Å². The van der Waals surface area contributed by atoms with Gasteiger partial charge in [-0.2, -0.15) is 0 Å². The first-order valence-corrected chi connectivity index (χ1v) is 13.5. The number of aliphatic hydroxyl groups excluding tert-OH is 5. The van der Waals surface area contributed by atoms with Crippen LogP contribution in [-0.2, 0) is 4.79 Å². The third-order valence-corrected chi connectivity index (χ3v) is 8.50. The van der Waals surface area contributed by atoms with Crippen LogP contribution in [-0.4, -0.2) is 67.6 Å². The molecular formula is C28H50O7. The Morgan fingerprint density at radius 1 is 0.771 bits per heavy atom. The van der Waals surface area contributed by atoms with E-state index in [9.17, 15) is 35.4 Å². The number of carboxylic acid groups (broad SMARTS) is 1. The van der Waals surface area contributed by atoms with Gasteiger partial charge in [0.15, 0.2) is 0 Å². The summed E-state index contributed by atoms with van der Waals surface area (Å²) in [4.78, 5) is 11.3. The predicted molar refractivity (Wildman–Crippen MR) is 136 cm³/mol. The van der Waals surface area contributed by atoms with Gasteiger partial charge >= 0.3 is 5.97 Å². The van der Waals surface area contributed by atoms with Crippen LogP contribution in [0.3, 0.4) is 0 Å². The van der Waals surface area contributed by atoms with Crippen LogP contribution >= 0.6 is 0 Å². The molecule has 35 heavy (non-hydrogen) atoms. The van der Waals surface area contributed by atoms with Crippen molar-refractivity contribution in [3.63, 3.8) is 0 Å². The average Bonchev–Trinajstić information content (AvgIpc) is 2.77. The Labute approximate surface area is 211 Å². The van der Waals surface area contributed by atoms with E-state index in [4.69, 9.17) is 0 Å². The van der Waals surface area contributed by atoms with Crippen LogP contribution in [0.2, 0.25) is 0 Å². The van der Waals surface area contributed by atoms with Gasteiger partial charge in [-0.15, -0.1) is 0 Å². The van der Waals surface area contributed by atoms with E-state index >= 15 is 0 Å². The fourth-order valence-corrected chi connectivity index (χ4v) is 5.86. The topological polar surface area (TPSA) is 138 Å². The standard InChI is InChI=1S/C28H50O7/c1-27(2,17-29)11-5-7-18-13-22(30)15-20(24(18)32)9-10-21-16-23(31)14-19(25(21)33)8-6-12-28(3,4)26(34)35/h9-10,18-25,29-33H,5-8,11-17H2,1-4H3,(H,34,35). The van der Waals surface area contributed by atoms with E-state index in [1.165, 1.54) is 0 Å². The first kappa shape index (κ1) is 30.2. The zero-order chi connectivity index (χ0) is 26.4. The molecule has 0 aromatic carbocycles. The number of carboxylic acids is 1. The summed E-state index contributed by atoms with van der Waals surface area (Å²) in [5.41, 5.74) is -0.949. The highest BCUT2D eigenvalue weighted by molar-refractivity contribution is 5.73. The highest BCUT2D eigenvalue weighted by atomic mass is 16.4. The molecule has 7 heteroatoms. The Kier molecular flexibility index (Phi) is 11.2. The maximum absolute atomic E-state index is 11.3. The summed E-state index contributed by atoms with van der Waals surface area (Å²) in [6, 6.07) is 0. The third-order valence-electron chi connectivity index (χ3n) is 8.50. The van der Waals surface area contributed by atoms with Crippen molar-refractivity contribution in [1.29, 1.82) is 0 Å². The molecule has 0 spiro atoms. The van der Waals surface area contributed by atoms with Crippen LogP contribution in [0, 0.1) is 34.5 Å². The fraction of sp³-hybridized carbons (Fsp3) is 0.893. The molecule has 7 nitrogen and oxygen atoms in total. The fourth-order valence-electron chi connectivity index (χ4n) is 5.86. The van der Waals surface area contributed by atoms with E-state index in [-0.39, 0.29) is 35.7 Å². The van der Waals surface area contributed by atoms with E-state index < -0.39 is 35.8 Å². The van der Waals surface area contributed by atoms with Gasteiger partial charge in [-0.1, -0.05) is 38.8 Å². The molecular weight excluding hydrogens is 448 g/mol. The summed E-state index contributed by atoms with van der Waals surface area (Å²) >= 11 is 0. The van der Waals surface area contributed by atoms with Crippen molar-refractivity contribution in [3.8, 4) is 0 Å². The first-order chi connectivity index (χ1) is 16.3. The van der Waals surface area contributed by atoms with Crippen LogP contribution < -0.4 is 0 Å². The largest absolute Gasteiger partial charge is 0.481 e. The molecule has 0 aliphatic heterocycles. The van der Waals surface area contributed by atoms with E-state index in [0.717, 1.165) is 19.3 Å². The van der Waals surface area contributed by atoms with Gasteiger partial charge < -0.3 is 30.6 Å².